The minimum atomic E-state index is -1.53. The van der Waals surface area contributed by atoms with Gasteiger partial charge in [0.15, 0.2) is 8.24 Å². The highest BCUT2D eigenvalue weighted by Crippen LogP contribution is 2.50. The first-order valence-electron chi connectivity index (χ1n) is 7.62. The van der Waals surface area contributed by atoms with Gasteiger partial charge < -0.3 is 4.57 Å². The van der Waals surface area contributed by atoms with E-state index in [1.807, 2.05) is 0 Å². The standard InChI is InChI=1S/C18H23NSi/c1-4-20(5-2)18(15-11-7-6-8-12-15)16-13-9-10-14-17(16)19(20)3/h6-14,18H,4-5H2,1-3H3. The zero-order chi connectivity index (χ0) is 14.2. The van der Waals surface area contributed by atoms with Gasteiger partial charge in [-0.15, -0.1) is 0 Å². The van der Waals surface area contributed by atoms with Crippen LogP contribution in [0.4, 0.5) is 5.69 Å². The summed E-state index contributed by atoms with van der Waals surface area (Å²) in [7, 11) is 0.795. The molecule has 0 radical (unpaired) electrons. The minimum Gasteiger partial charge on any atom is -0.399 e. The number of para-hydroxylation sites is 1. The molecule has 0 saturated heterocycles. The van der Waals surface area contributed by atoms with E-state index in [1.165, 1.54) is 28.9 Å². The van der Waals surface area contributed by atoms with Crippen molar-refractivity contribution >= 4 is 13.9 Å². The van der Waals surface area contributed by atoms with Crippen LogP contribution in [0.1, 0.15) is 30.5 Å². The molecular formula is C18H23NSi. The second kappa shape index (κ2) is 5.10. The van der Waals surface area contributed by atoms with Crippen molar-refractivity contribution in [2.24, 2.45) is 0 Å². The maximum atomic E-state index is 2.65. The molecule has 2 heteroatoms. The fourth-order valence-corrected chi connectivity index (χ4v) is 9.00. The number of rotatable bonds is 3. The number of hydrogen-bond acceptors (Lipinski definition) is 1. The average molecular weight is 281 g/mol. The molecule has 104 valence electrons. The summed E-state index contributed by atoms with van der Waals surface area (Å²) in [6, 6.07) is 22.7. The van der Waals surface area contributed by atoms with Crippen molar-refractivity contribution in [1.82, 2.24) is 0 Å². The summed E-state index contributed by atoms with van der Waals surface area (Å²) in [6.45, 7) is 4.77. The van der Waals surface area contributed by atoms with Crippen molar-refractivity contribution in [2.45, 2.75) is 31.5 Å². The van der Waals surface area contributed by atoms with Crippen molar-refractivity contribution < 1.29 is 0 Å². The Balaban J connectivity index is 2.22. The van der Waals surface area contributed by atoms with Gasteiger partial charge in [0, 0.05) is 11.2 Å². The SMILES string of the molecule is CC[Si]1(CC)C(c2ccccc2)c2ccccc2N1C. The molecule has 0 amide bonds. The molecule has 0 bridgehead atoms. The van der Waals surface area contributed by atoms with Crippen LogP contribution in [0.2, 0.25) is 12.1 Å². The molecule has 0 fully saturated rings. The molecule has 3 rings (SSSR count). The fraction of sp³-hybridized carbons (Fsp3) is 0.333. The second-order valence-corrected chi connectivity index (χ2v) is 10.6. The van der Waals surface area contributed by atoms with E-state index in [2.05, 4.69) is 80.1 Å². The van der Waals surface area contributed by atoms with E-state index in [9.17, 15) is 0 Å². The first-order valence-corrected chi connectivity index (χ1v) is 10.1. The quantitative estimate of drug-likeness (QED) is 0.731. The van der Waals surface area contributed by atoms with Gasteiger partial charge in [0.2, 0.25) is 0 Å². The predicted octanol–water partition coefficient (Wildman–Crippen LogP) is 4.79. The third-order valence-corrected chi connectivity index (χ3v) is 10.9. The Labute approximate surface area is 123 Å². The van der Waals surface area contributed by atoms with Crippen molar-refractivity contribution in [1.29, 1.82) is 0 Å². The van der Waals surface area contributed by atoms with Gasteiger partial charge in [-0.2, -0.15) is 0 Å². The number of hydrogen-bond donors (Lipinski definition) is 0. The Morgan fingerprint density at radius 2 is 1.50 bits per heavy atom. The molecule has 0 saturated carbocycles. The van der Waals surface area contributed by atoms with Crippen molar-refractivity contribution in [3.8, 4) is 0 Å². The number of nitrogens with zero attached hydrogens (tertiary/aromatic N) is 1. The van der Waals surface area contributed by atoms with Crippen LogP contribution in [-0.2, 0) is 0 Å². The van der Waals surface area contributed by atoms with Crippen molar-refractivity contribution in [3.63, 3.8) is 0 Å². The lowest BCUT2D eigenvalue weighted by Crippen LogP contribution is -2.51. The minimum absolute atomic E-state index is 0.611. The van der Waals surface area contributed by atoms with E-state index in [0.29, 0.717) is 5.54 Å². The zero-order valence-electron chi connectivity index (χ0n) is 12.6. The zero-order valence-corrected chi connectivity index (χ0v) is 13.6. The van der Waals surface area contributed by atoms with Crippen LogP contribution in [0.5, 0.6) is 0 Å². The summed E-state index contributed by atoms with van der Waals surface area (Å²) >= 11 is 0. The molecule has 1 aliphatic heterocycles. The predicted molar refractivity (Wildman–Crippen MR) is 89.8 cm³/mol. The van der Waals surface area contributed by atoms with E-state index in [1.54, 1.807) is 0 Å². The lowest BCUT2D eigenvalue weighted by Gasteiger charge is -2.38. The third-order valence-electron chi connectivity index (χ3n) is 5.17. The van der Waals surface area contributed by atoms with Crippen LogP contribution in [0.25, 0.3) is 0 Å². The highest BCUT2D eigenvalue weighted by atomic mass is 28.3. The third kappa shape index (κ3) is 1.75. The second-order valence-electron chi connectivity index (χ2n) is 5.77. The molecule has 0 spiro atoms. The monoisotopic (exact) mass is 281 g/mol. The first-order chi connectivity index (χ1) is 9.74. The molecule has 0 aliphatic carbocycles. The summed E-state index contributed by atoms with van der Waals surface area (Å²) in [5.74, 6) is 0. The van der Waals surface area contributed by atoms with Crippen LogP contribution >= 0.6 is 0 Å². The van der Waals surface area contributed by atoms with Gasteiger partial charge in [-0.1, -0.05) is 62.4 Å². The Morgan fingerprint density at radius 1 is 0.900 bits per heavy atom. The molecule has 0 N–H and O–H groups in total. The molecule has 1 atom stereocenters. The van der Waals surface area contributed by atoms with Crippen LogP contribution in [0, 0.1) is 0 Å². The summed E-state index contributed by atoms with van der Waals surface area (Å²) in [5.41, 5.74) is 5.10. The number of fused-ring (bicyclic) bond motifs is 1. The number of benzene rings is 2. The van der Waals surface area contributed by atoms with E-state index in [-0.39, 0.29) is 0 Å². The van der Waals surface area contributed by atoms with Crippen LogP contribution < -0.4 is 4.57 Å². The topological polar surface area (TPSA) is 3.24 Å². The maximum absolute atomic E-state index is 2.65. The van der Waals surface area contributed by atoms with Gasteiger partial charge in [0.25, 0.3) is 0 Å². The van der Waals surface area contributed by atoms with Gasteiger partial charge in [0.05, 0.1) is 0 Å². The van der Waals surface area contributed by atoms with Gasteiger partial charge in [-0.05, 0) is 36.3 Å². The Hall–Kier alpha value is -1.54. The smallest absolute Gasteiger partial charge is 0.167 e. The van der Waals surface area contributed by atoms with E-state index < -0.39 is 8.24 Å². The molecule has 1 unspecified atom stereocenters. The van der Waals surface area contributed by atoms with Crippen LogP contribution in [0.15, 0.2) is 54.6 Å². The summed E-state index contributed by atoms with van der Waals surface area (Å²) < 4.78 is 2.65. The van der Waals surface area contributed by atoms with Gasteiger partial charge in [-0.25, -0.2) is 0 Å². The van der Waals surface area contributed by atoms with Gasteiger partial charge >= 0.3 is 0 Å². The molecular weight excluding hydrogens is 258 g/mol. The van der Waals surface area contributed by atoms with Crippen molar-refractivity contribution in [2.75, 3.05) is 11.6 Å². The molecule has 20 heavy (non-hydrogen) atoms. The fourth-order valence-electron chi connectivity index (χ4n) is 4.03. The molecule has 0 aromatic heterocycles. The molecule has 1 heterocycles. The van der Waals surface area contributed by atoms with Crippen LogP contribution in [-0.4, -0.2) is 15.3 Å². The average Bonchev–Trinajstić information content (AvgIpc) is 2.78. The molecule has 2 aromatic carbocycles. The number of anilines is 1. The van der Waals surface area contributed by atoms with E-state index in [4.69, 9.17) is 0 Å². The normalized spacial score (nSPS) is 19.9. The molecule has 2 aromatic rings. The maximum Gasteiger partial charge on any atom is 0.167 e. The highest BCUT2D eigenvalue weighted by molar-refractivity contribution is 6.86. The summed E-state index contributed by atoms with van der Waals surface area (Å²) in [4.78, 5) is 0. The van der Waals surface area contributed by atoms with E-state index in [0.717, 1.165) is 0 Å². The lowest BCUT2D eigenvalue weighted by molar-refractivity contribution is 1.03. The lowest BCUT2D eigenvalue weighted by atomic mass is 10.0. The van der Waals surface area contributed by atoms with Crippen molar-refractivity contribution in [3.05, 3.63) is 65.7 Å². The van der Waals surface area contributed by atoms with Crippen LogP contribution in [0.3, 0.4) is 0 Å². The van der Waals surface area contributed by atoms with Gasteiger partial charge in [-0.3, -0.25) is 0 Å². The summed E-state index contributed by atoms with van der Waals surface area (Å²) in [6.07, 6.45) is 0. The molecule has 1 aliphatic rings. The first kappa shape index (κ1) is 13.4. The Morgan fingerprint density at radius 3 is 2.15 bits per heavy atom. The summed E-state index contributed by atoms with van der Waals surface area (Å²) in [5, 5.41) is 0. The Kier molecular flexibility index (Phi) is 3.43. The molecule has 1 nitrogen and oxygen atoms in total. The van der Waals surface area contributed by atoms with Gasteiger partial charge in [0.1, 0.15) is 0 Å². The Bertz CT molecular complexity index is 589. The largest absolute Gasteiger partial charge is 0.399 e. The van der Waals surface area contributed by atoms with E-state index >= 15 is 0 Å². The highest BCUT2D eigenvalue weighted by Gasteiger charge is 2.50.